The first-order valence-corrected chi connectivity index (χ1v) is 7.80. The molecule has 2 nitrogen and oxygen atoms in total. The Kier molecular flexibility index (Phi) is 3.20. The molecular formula is C19H24N2. The third kappa shape index (κ3) is 1.85. The Hall–Kier alpha value is -1.96. The van der Waals surface area contributed by atoms with Crippen LogP contribution in [-0.4, -0.2) is 0 Å². The number of aryl methyl sites for hydroxylation is 1. The molecule has 2 aromatic carbocycles. The monoisotopic (exact) mass is 280 g/mol. The van der Waals surface area contributed by atoms with Gasteiger partial charge in [0.15, 0.2) is 0 Å². The molecule has 0 aromatic heterocycles. The maximum Gasteiger partial charge on any atom is 0.0456 e. The van der Waals surface area contributed by atoms with Crippen LogP contribution in [0, 0.1) is 13.8 Å². The third-order valence-corrected chi connectivity index (χ3v) is 4.81. The maximum absolute atomic E-state index is 6.51. The summed E-state index contributed by atoms with van der Waals surface area (Å²) in [5, 5.41) is 0. The third-order valence-electron chi connectivity index (χ3n) is 4.81. The molecule has 21 heavy (non-hydrogen) atoms. The molecule has 4 N–H and O–H groups in total. The summed E-state index contributed by atoms with van der Waals surface area (Å²) in [6.07, 6.45) is 2.26. The highest BCUT2D eigenvalue weighted by Crippen LogP contribution is 2.56. The van der Waals surface area contributed by atoms with Crippen LogP contribution in [0.5, 0.6) is 0 Å². The van der Waals surface area contributed by atoms with Crippen LogP contribution < -0.4 is 11.5 Å². The number of anilines is 2. The maximum atomic E-state index is 6.51. The Labute approximate surface area is 127 Å². The molecule has 0 amide bonds. The molecule has 2 aromatic rings. The average molecular weight is 280 g/mol. The Balaban J connectivity index is 2.23. The van der Waals surface area contributed by atoms with Gasteiger partial charge in [0.1, 0.15) is 0 Å². The molecule has 0 radical (unpaired) electrons. The predicted molar refractivity (Wildman–Crippen MR) is 92.5 cm³/mol. The van der Waals surface area contributed by atoms with Crippen molar-refractivity contribution in [1.82, 2.24) is 0 Å². The Bertz CT molecular complexity index is 729. The van der Waals surface area contributed by atoms with Gasteiger partial charge in [-0.3, -0.25) is 0 Å². The van der Waals surface area contributed by atoms with Gasteiger partial charge in [-0.2, -0.15) is 0 Å². The zero-order valence-corrected chi connectivity index (χ0v) is 13.4. The lowest BCUT2D eigenvalue weighted by Gasteiger charge is -2.32. The van der Waals surface area contributed by atoms with Crippen LogP contribution in [-0.2, 0) is 0 Å². The van der Waals surface area contributed by atoms with E-state index in [9.17, 15) is 0 Å². The highest BCUT2D eigenvalue weighted by atomic mass is 14.7. The smallest absolute Gasteiger partial charge is 0.0456 e. The van der Waals surface area contributed by atoms with Crippen molar-refractivity contribution in [2.75, 3.05) is 11.5 Å². The van der Waals surface area contributed by atoms with Crippen LogP contribution in [0.3, 0.4) is 0 Å². The molecule has 1 aliphatic rings. The summed E-state index contributed by atoms with van der Waals surface area (Å²) in [6.45, 7) is 8.68. The summed E-state index contributed by atoms with van der Waals surface area (Å²) in [4.78, 5) is 0. The first-order chi connectivity index (χ1) is 9.97. The molecule has 1 unspecified atom stereocenters. The van der Waals surface area contributed by atoms with E-state index in [0.29, 0.717) is 5.92 Å². The minimum Gasteiger partial charge on any atom is -0.398 e. The quantitative estimate of drug-likeness (QED) is 0.662. The van der Waals surface area contributed by atoms with Crippen molar-refractivity contribution in [3.63, 3.8) is 0 Å². The number of fused-ring (bicyclic) bond motifs is 4. The van der Waals surface area contributed by atoms with E-state index in [2.05, 4.69) is 45.9 Å². The van der Waals surface area contributed by atoms with E-state index in [4.69, 9.17) is 11.5 Å². The minimum atomic E-state index is 0.411. The van der Waals surface area contributed by atoms with Gasteiger partial charge in [-0.1, -0.05) is 44.0 Å². The Morgan fingerprint density at radius 3 is 2.38 bits per heavy atom. The zero-order chi connectivity index (χ0) is 15.3. The number of benzene rings is 2. The van der Waals surface area contributed by atoms with E-state index in [-0.39, 0.29) is 0 Å². The van der Waals surface area contributed by atoms with E-state index in [0.717, 1.165) is 29.8 Å². The van der Waals surface area contributed by atoms with Crippen LogP contribution in [0.1, 0.15) is 49.3 Å². The van der Waals surface area contributed by atoms with Crippen molar-refractivity contribution in [3.8, 4) is 22.3 Å². The SMILES string of the molecule is CCCC(C)c1c(N)c(C)c2c(c1N)-c1ccc(C)cc1-2. The number of hydrogen-bond donors (Lipinski definition) is 2. The minimum absolute atomic E-state index is 0.411. The van der Waals surface area contributed by atoms with E-state index in [1.807, 2.05) is 0 Å². The zero-order valence-electron chi connectivity index (χ0n) is 13.4. The molecule has 0 heterocycles. The van der Waals surface area contributed by atoms with E-state index >= 15 is 0 Å². The molecule has 0 saturated heterocycles. The van der Waals surface area contributed by atoms with Gasteiger partial charge in [-0.05, 0) is 48.4 Å². The Morgan fingerprint density at radius 2 is 1.71 bits per heavy atom. The predicted octanol–water partition coefficient (Wildman–Crippen LogP) is 5.02. The van der Waals surface area contributed by atoms with Crippen LogP contribution >= 0.6 is 0 Å². The fourth-order valence-electron chi connectivity index (χ4n) is 3.68. The lowest BCUT2D eigenvalue weighted by Crippen LogP contribution is -2.13. The molecule has 3 rings (SSSR count). The molecule has 0 bridgehead atoms. The van der Waals surface area contributed by atoms with Crippen LogP contribution in [0.15, 0.2) is 18.2 Å². The molecule has 0 aliphatic heterocycles. The summed E-state index contributed by atoms with van der Waals surface area (Å²) in [5.74, 6) is 0.411. The van der Waals surface area contributed by atoms with Gasteiger partial charge in [-0.15, -0.1) is 0 Å². The summed E-state index contributed by atoms with van der Waals surface area (Å²) in [6, 6.07) is 6.58. The molecule has 0 spiro atoms. The molecular weight excluding hydrogens is 256 g/mol. The van der Waals surface area contributed by atoms with Gasteiger partial charge in [0.05, 0.1) is 0 Å². The molecule has 2 heteroatoms. The largest absolute Gasteiger partial charge is 0.398 e. The second-order valence-electron chi connectivity index (χ2n) is 6.35. The molecule has 1 atom stereocenters. The number of nitrogens with two attached hydrogens (primary N) is 2. The average Bonchev–Trinajstić information content (AvgIpc) is 2.41. The normalized spacial score (nSPS) is 13.3. The van der Waals surface area contributed by atoms with Crippen molar-refractivity contribution in [2.24, 2.45) is 0 Å². The van der Waals surface area contributed by atoms with Gasteiger partial charge >= 0.3 is 0 Å². The highest BCUT2D eigenvalue weighted by Gasteiger charge is 2.31. The van der Waals surface area contributed by atoms with E-state index in [1.165, 1.54) is 33.4 Å². The summed E-state index contributed by atoms with van der Waals surface area (Å²) < 4.78 is 0. The van der Waals surface area contributed by atoms with E-state index < -0.39 is 0 Å². The first kappa shape index (κ1) is 14.0. The lowest BCUT2D eigenvalue weighted by atomic mass is 9.73. The van der Waals surface area contributed by atoms with Crippen molar-refractivity contribution in [3.05, 3.63) is 34.9 Å². The van der Waals surface area contributed by atoms with Crippen molar-refractivity contribution in [1.29, 1.82) is 0 Å². The van der Waals surface area contributed by atoms with Gasteiger partial charge in [0, 0.05) is 22.5 Å². The highest BCUT2D eigenvalue weighted by molar-refractivity contribution is 6.11. The van der Waals surface area contributed by atoms with Crippen LogP contribution in [0.4, 0.5) is 11.4 Å². The van der Waals surface area contributed by atoms with Crippen LogP contribution in [0.2, 0.25) is 0 Å². The van der Waals surface area contributed by atoms with Crippen molar-refractivity contribution in [2.45, 2.75) is 46.5 Å². The van der Waals surface area contributed by atoms with Gasteiger partial charge in [0.25, 0.3) is 0 Å². The summed E-state index contributed by atoms with van der Waals surface area (Å²) in [7, 11) is 0. The lowest BCUT2D eigenvalue weighted by molar-refractivity contribution is 0.668. The molecule has 0 fully saturated rings. The number of nitrogen functional groups attached to an aromatic ring is 2. The first-order valence-electron chi connectivity index (χ1n) is 7.80. The van der Waals surface area contributed by atoms with Crippen molar-refractivity contribution >= 4 is 11.4 Å². The van der Waals surface area contributed by atoms with Gasteiger partial charge < -0.3 is 11.5 Å². The second-order valence-corrected chi connectivity index (χ2v) is 6.35. The fraction of sp³-hybridized carbons (Fsp3) is 0.368. The van der Waals surface area contributed by atoms with Gasteiger partial charge in [0.2, 0.25) is 0 Å². The topological polar surface area (TPSA) is 52.0 Å². The molecule has 110 valence electrons. The summed E-state index contributed by atoms with van der Waals surface area (Å²) >= 11 is 0. The summed E-state index contributed by atoms with van der Waals surface area (Å²) in [5.41, 5.74) is 23.4. The number of rotatable bonds is 3. The van der Waals surface area contributed by atoms with Gasteiger partial charge in [-0.25, -0.2) is 0 Å². The fourth-order valence-corrected chi connectivity index (χ4v) is 3.68. The van der Waals surface area contributed by atoms with E-state index in [1.54, 1.807) is 0 Å². The standard InChI is InChI=1S/C19H24N2/c1-5-6-11(3)15-18(20)12(4)16-14-9-10(2)7-8-13(14)17(16)19(15)21/h7-9,11H,5-6,20-21H2,1-4H3. The second kappa shape index (κ2) is 4.80. The molecule has 0 saturated carbocycles. The Morgan fingerprint density at radius 1 is 1.00 bits per heavy atom. The van der Waals surface area contributed by atoms with Crippen molar-refractivity contribution < 1.29 is 0 Å². The number of hydrogen-bond acceptors (Lipinski definition) is 2. The van der Waals surface area contributed by atoms with Crippen LogP contribution in [0.25, 0.3) is 22.3 Å². The molecule has 1 aliphatic carbocycles.